The molecule has 0 atom stereocenters. The Bertz CT molecular complexity index is 1210. The molecule has 1 aliphatic carbocycles. The number of thioether (sulfide) groups is 1. The third kappa shape index (κ3) is 4.22. The van der Waals surface area contributed by atoms with Gasteiger partial charge in [-0.25, -0.2) is 4.98 Å². The molecule has 1 heterocycles. The van der Waals surface area contributed by atoms with Crippen molar-refractivity contribution in [3.05, 3.63) is 88.6 Å². The van der Waals surface area contributed by atoms with Crippen LogP contribution in [0.2, 0.25) is 0 Å². The number of ketones is 2. The zero-order valence-electron chi connectivity index (χ0n) is 15.7. The fourth-order valence-corrected chi connectivity index (χ4v) is 3.79. The zero-order chi connectivity index (χ0) is 22.2. The van der Waals surface area contributed by atoms with E-state index in [1.165, 1.54) is 24.3 Å². The first-order valence-electron chi connectivity index (χ1n) is 9.02. The van der Waals surface area contributed by atoms with Gasteiger partial charge in [-0.2, -0.15) is 13.2 Å². The Morgan fingerprint density at radius 3 is 2.16 bits per heavy atom. The number of amides is 1. The van der Waals surface area contributed by atoms with E-state index < -0.39 is 17.6 Å². The molecule has 31 heavy (non-hydrogen) atoms. The second-order valence-corrected chi connectivity index (χ2v) is 7.68. The van der Waals surface area contributed by atoms with E-state index in [0.29, 0.717) is 23.0 Å². The summed E-state index contributed by atoms with van der Waals surface area (Å²) in [6, 6.07) is 13.1. The second-order valence-electron chi connectivity index (χ2n) is 6.68. The van der Waals surface area contributed by atoms with Gasteiger partial charge < -0.3 is 5.32 Å². The molecule has 0 fully saturated rings. The standard InChI is InChI=1S/C22H13F3N2O3S/c23-22(24,25)12-5-8-19(26-10-12)31-11-18(28)27-13-6-7-16-17(9-13)21(30)15-4-2-1-3-14(15)20(16)29/h1-10H,11H2,(H,27,28). The van der Waals surface area contributed by atoms with Gasteiger partial charge in [0.15, 0.2) is 11.6 Å². The first-order chi connectivity index (χ1) is 14.7. The maximum atomic E-state index is 12.7. The topological polar surface area (TPSA) is 76.1 Å². The Morgan fingerprint density at radius 1 is 0.903 bits per heavy atom. The smallest absolute Gasteiger partial charge is 0.325 e. The number of halogens is 3. The molecule has 0 aliphatic heterocycles. The number of hydrogen-bond acceptors (Lipinski definition) is 5. The van der Waals surface area contributed by atoms with Crippen LogP contribution in [-0.4, -0.2) is 28.2 Å². The van der Waals surface area contributed by atoms with Crippen molar-refractivity contribution in [3.63, 3.8) is 0 Å². The SMILES string of the molecule is O=C(CSc1ccc(C(F)(F)F)cn1)Nc1ccc2c(c1)C(=O)c1ccccc1C2=O. The van der Waals surface area contributed by atoms with Crippen LogP contribution in [0.1, 0.15) is 37.4 Å². The molecule has 4 rings (SSSR count). The normalized spacial score (nSPS) is 12.9. The Balaban J connectivity index is 1.44. The average molecular weight is 442 g/mol. The van der Waals surface area contributed by atoms with Gasteiger partial charge in [-0.15, -0.1) is 0 Å². The summed E-state index contributed by atoms with van der Waals surface area (Å²) < 4.78 is 37.7. The Labute approximate surface area is 178 Å². The summed E-state index contributed by atoms with van der Waals surface area (Å²) in [6.45, 7) is 0. The van der Waals surface area contributed by atoms with Crippen molar-refractivity contribution in [3.8, 4) is 0 Å². The zero-order valence-corrected chi connectivity index (χ0v) is 16.5. The van der Waals surface area contributed by atoms with Gasteiger partial charge in [0.05, 0.1) is 16.3 Å². The van der Waals surface area contributed by atoms with Gasteiger partial charge in [0.25, 0.3) is 0 Å². The summed E-state index contributed by atoms with van der Waals surface area (Å²) in [5.74, 6) is -1.08. The van der Waals surface area contributed by atoms with Crippen LogP contribution in [0.25, 0.3) is 0 Å². The fraction of sp³-hybridized carbons (Fsp3) is 0.0909. The number of aromatic nitrogens is 1. The molecule has 1 aliphatic rings. The molecule has 0 spiro atoms. The van der Waals surface area contributed by atoms with Crippen molar-refractivity contribution in [2.75, 3.05) is 11.1 Å². The number of alkyl halides is 3. The second kappa shape index (κ2) is 7.99. The lowest BCUT2D eigenvalue weighted by molar-refractivity contribution is -0.137. The van der Waals surface area contributed by atoms with Crippen molar-refractivity contribution in [2.45, 2.75) is 11.2 Å². The van der Waals surface area contributed by atoms with E-state index in [-0.39, 0.29) is 33.5 Å². The van der Waals surface area contributed by atoms with Crippen molar-refractivity contribution >= 4 is 34.9 Å². The molecule has 5 nitrogen and oxygen atoms in total. The predicted molar refractivity (Wildman–Crippen MR) is 108 cm³/mol. The van der Waals surface area contributed by atoms with Crippen LogP contribution < -0.4 is 5.32 Å². The number of anilines is 1. The van der Waals surface area contributed by atoms with Crippen LogP contribution in [-0.2, 0) is 11.0 Å². The number of nitrogens with zero attached hydrogens (tertiary/aromatic N) is 1. The summed E-state index contributed by atoms with van der Waals surface area (Å²) in [5, 5.41) is 2.90. The largest absolute Gasteiger partial charge is 0.417 e. The van der Waals surface area contributed by atoms with Gasteiger partial charge in [-0.3, -0.25) is 14.4 Å². The highest BCUT2D eigenvalue weighted by atomic mass is 32.2. The third-order valence-corrected chi connectivity index (χ3v) is 5.57. The maximum Gasteiger partial charge on any atom is 0.417 e. The maximum absolute atomic E-state index is 12.7. The molecule has 2 aromatic carbocycles. The molecule has 0 unspecified atom stereocenters. The minimum Gasteiger partial charge on any atom is -0.325 e. The number of carbonyl (C=O) groups is 3. The first kappa shape index (κ1) is 20.8. The van der Waals surface area contributed by atoms with Crippen molar-refractivity contribution in [1.82, 2.24) is 4.98 Å². The Kier molecular flexibility index (Phi) is 5.36. The third-order valence-electron chi connectivity index (χ3n) is 4.62. The molecule has 0 saturated carbocycles. The minimum absolute atomic E-state index is 0.0921. The van der Waals surface area contributed by atoms with Crippen LogP contribution in [0.3, 0.4) is 0 Å². The lowest BCUT2D eigenvalue weighted by Gasteiger charge is -2.18. The van der Waals surface area contributed by atoms with Crippen molar-refractivity contribution < 1.29 is 27.6 Å². The summed E-state index contributed by atoms with van der Waals surface area (Å²) in [5.41, 5.74) is 0.606. The van der Waals surface area contributed by atoms with Crippen LogP contribution in [0, 0.1) is 0 Å². The van der Waals surface area contributed by atoms with E-state index >= 15 is 0 Å². The fourth-order valence-electron chi connectivity index (χ4n) is 3.15. The van der Waals surface area contributed by atoms with Crippen LogP contribution in [0.5, 0.6) is 0 Å². The molecule has 156 valence electrons. The summed E-state index contributed by atoms with van der Waals surface area (Å²) >= 11 is 0.976. The number of fused-ring (bicyclic) bond motifs is 2. The monoisotopic (exact) mass is 442 g/mol. The number of nitrogens with one attached hydrogen (secondary N) is 1. The molecule has 0 bridgehead atoms. The van der Waals surface area contributed by atoms with Gasteiger partial charge >= 0.3 is 6.18 Å². The number of hydrogen-bond donors (Lipinski definition) is 1. The predicted octanol–water partition coefficient (Wildman–Crippen LogP) is 4.61. The number of carbonyl (C=O) groups excluding carboxylic acids is 3. The lowest BCUT2D eigenvalue weighted by Crippen LogP contribution is -2.21. The lowest BCUT2D eigenvalue weighted by atomic mass is 9.84. The van der Waals surface area contributed by atoms with Gasteiger partial charge in [-0.05, 0) is 30.3 Å². The summed E-state index contributed by atoms with van der Waals surface area (Å²) in [7, 11) is 0. The molecule has 3 aromatic rings. The molecule has 0 radical (unpaired) electrons. The Morgan fingerprint density at radius 2 is 1.55 bits per heavy atom. The van der Waals surface area contributed by atoms with Crippen LogP contribution in [0.4, 0.5) is 18.9 Å². The first-order valence-corrected chi connectivity index (χ1v) is 10.0. The average Bonchev–Trinajstić information content (AvgIpc) is 2.76. The highest BCUT2D eigenvalue weighted by Gasteiger charge is 2.31. The Hall–Kier alpha value is -3.46. The highest BCUT2D eigenvalue weighted by molar-refractivity contribution is 7.99. The van der Waals surface area contributed by atoms with E-state index in [0.717, 1.165) is 17.8 Å². The van der Waals surface area contributed by atoms with Gasteiger partial charge in [0, 0.05) is 34.1 Å². The highest BCUT2D eigenvalue weighted by Crippen LogP contribution is 2.30. The number of benzene rings is 2. The van der Waals surface area contributed by atoms with Crippen molar-refractivity contribution in [2.24, 2.45) is 0 Å². The van der Waals surface area contributed by atoms with E-state index in [9.17, 15) is 27.6 Å². The van der Waals surface area contributed by atoms with E-state index in [1.54, 1.807) is 24.3 Å². The molecule has 0 saturated heterocycles. The van der Waals surface area contributed by atoms with E-state index in [2.05, 4.69) is 10.3 Å². The molecule has 1 aromatic heterocycles. The number of rotatable bonds is 4. The van der Waals surface area contributed by atoms with Crippen LogP contribution in [0.15, 0.2) is 65.8 Å². The van der Waals surface area contributed by atoms with Gasteiger partial charge in [-0.1, -0.05) is 36.0 Å². The van der Waals surface area contributed by atoms with Crippen molar-refractivity contribution in [1.29, 1.82) is 0 Å². The van der Waals surface area contributed by atoms with Crippen LogP contribution >= 0.6 is 11.8 Å². The van der Waals surface area contributed by atoms with Gasteiger partial charge in [0.2, 0.25) is 5.91 Å². The van der Waals surface area contributed by atoms with Gasteiger partial charge in [0.1, 0.15) is 0 Å². The molecule has 1 N–H and O–H groups in total. The summed E-state index contributed by atoms with van der Waals surface area (Å²) in [6.07, 6.45) is -3.76. The molecule has 1 amide bonds. The quantitative estimate of drug-likeness (QED) is 0.468. The molecular weight excluding hydrogens is 429 g/mol. The number of pyridine rings is 1. The van der Waals surface area contributed by atoms with E-state index in [4.69, 9.17) is 0 Å². The van der Waals surface area contributed by atoms with E-state index in [1.807, 2.05) is 0 Å². The molecule has 9 heteroatoms. The minimum atomic E-state index is -4.47. The molecular formula is C22H13F3N2O3S. The summed E-state index contributed by atoms with van der Waals surface area (Å²) in [4.78, 5) is 41.3.